The number of rotatable bonds is 4. The summed E-state index contributed by atoms with van der Waals surface area (Å²) in [6, 6.07) is 6.60. The zero-order valence-corrected chi connectivity index (χ0v) is 15.9. The van der Waals surface area contributed by atoms with Crippen molar-refractivity contribution in [1.82, 2.24) is 9.21 Å². The summed E-state index contributed by atoms with van der Waals surface area (Å²) in [5.74, 6) is 0.429. The lowest BCUT2D eigenvalue weighted by Gasteiger charge is -2.34. The van der Waals surface area contributed by atoms with Crippen molar-refractivity contribution < 1.29 is 22.4 Å². The minimum Gasteiger partial charge on any atom is -0.497 e. The van der Waals surface area contributed by atoms with Gasteiger partial charge in [0.25, 0.3) is 5.91 Å². The molecular formula is C16H17BrN2O5S. The second kappa shape index (κ2) is 7.19. The molecule has 7 nitrogen and oxygen atoms in total. The van der Waals surface area contributed by atoms with Crippen molar-refractivity contribution in [2.45, 2.75) is 4.90 Å². The van der Waals surface area contributed by atoms with Crippen molar-refractivity contribution in [3.8, 4) is 5.75 Å². The number of furan rings is 1. The van der Waals surface area contributed by atoms with Gasteiger partial charge in [-0.05, 0) is 40.2 Å². The van der Waals surface area contributed by atoms with Crippen LogP contribution >= 0.6 is 15.9 Å². The van der Waals surface area contributed by atoms with E-state index in [1.165, 1.54) is 30.0 Å². The molecule has 9 heteroatoms. The van der Waals surface area contributed by atoms with Crippen molar-refractivity contribution in [3.05, 3.63) is 46.8 Å². The van der Waals surface area contributed by atoms with Crippen LogP contribution in [0.1, 0.15) is 10.4 Å². The maximum absolute atomic E-state index is 12.7. The van der Waals surface area contributed by atoms with Crippen molar-refractivity contribution in [1.29, 1.82) is 0 Å². The van der Waals surface area contributed by atoms with Crippen LogP contribution in [0.15, 0.2) is 50.6 Å². The molecule has 25 heavy (non-hydrogen) atoms. The Morgan fingerprint density at radius 2 is 1.92 bits per heavy atom. The third kappa shape index (κ3) is 3.58. The third-order valence-corrected chi connectivity index (χ3v) is 6.63. The van der Waals surface area contributed by atoms with Gasteiger partial charge in [0.15, 0.2) is 0 Å². The summed E-state index contributed by atoms with van der Waals surface area (Å²) in [7, 11) is -2.04. The maximum Gasteiger partial charge on any atom is 0.255 e. The Hall–Kier alpha value is -1.84. The molecule has 1 aliphatic heterocycles. The Morgan fingerprint density at radius 1 is 1.20 bits per heavy atom. The average Bonchev–Trinajstić information content (AvgIpc) is 3.17. The lowest BCUT2D eigenvalue weighted by molar-refractivity contribution is 0.0696. The highest BCUT2D eigenvalue weighted by molar-refractivity contribution is 9.10. The number of hydrogen-bond donors (Lipinski definition) is 0. The highest BCUT2D eigenvalue weighted by Gasteiger charge is 2.31. The zero-order valence-electron chi connectivity index (χ0n) is 13.5. The molecule has 1 aliphatic rings. The molecular weight excluding hydrogens is 412 g/mol. The van der Waals surface area contributed by atoms with Gasteiger partial charge in [0.05, 0.1) is 18.9 Å². The summed E-state index contributed by atoms with van der Waals surface area (Å²) in [5.41, 5.74) is 0.491. The van der Waals surface area contributed by atoms with E-state index in [1.54, 1.807) is 23.1 Å². The molecule has 0 bridgehead atoms. The first-order valence-corrected chi connectivity index (χ1v) is 9.82. The fourth-order valence-electron chi connectivity index (χ4n) is 2.64. The normalized spacial score (nSPS) is 16.0. The van der Waals surface area contributed by atoms with Gasteiger partial charge in [0, 0.05) is 30.7 Å². The van der Waals surface area contributed by atoms with E-state index in [9.17, 15) is 13.2 Å². The van der Waals surface area contributed by atoms with E-state index in [4.69, 9.17) is 9.15 Å². The van der Waals surface area contributed by atoms with Crippen LogP contribution in [0.4, 0.5) is 0 Å². The molecule has 1 saturated heterocycles. The van der Waals surface area contributed by atoms with Gasteiger partial charge in [-0.1, -0.05) is 0 Å². The predicted octanol–water partition coefficient (Wildman–Crippen LogP) is 2.20. The number of hydrogen-bond acceptors (Lipinski definition) is 5. The molecule has 0 aliphatic carbocycles. The van der Waals surface area contributed by atoms with Crippen LogP contribution in [0.3, 0.4) is 0 Å². The first-order chi connectivity index (χ1) is 11.9. The van der Waals surface area contributed by atoms with Gasteiger partial charge in [-0.15, -0.1) is 0 Å². The lowest BCUT2D eigenvalue weighted by Crippen LogP contribution is -2.50. The van der Waals surface area contributed by atoms with Crippen LogP contribution in [0.25, 0.3) is 0 Å². The Labute approximate surface area is 154 Å². The number of carbonyl (C=O) groups excluding carboxylic acids is 1. The first kappa shape index (κ1) is 18.0. The van der Waals surface area contributed by atoms with Gasteiger partial charge in [-0.25, -0.2) is 8.42 Å². The Balaban J connectivity index is 1.71. The molecule has 3 rings (SSSR count). The molecule has 0 atom stereocenters. The zero-order chi connectivity index (χ0) is 18.0. The van der Waals surface area contributed by atoms with Crippen LogP contribution in [-0.2, 0) is 10.0 Å². The van der Waals surface area contributed by atoms with Gasteiger partial charge in [0.1, 0.15) is 16.9 Å². The quantitative estimate of drug-likeness (QED) is 0.745. The van der Waals surface area contributed by atoms with Gasteiger partial charge in [-0.3, -0.25) is 4.79 Å². The molecule has 1 fully saturated rings. The Morgan fingerprint density at radius 3 is 2.52 bits per heavy atom. The number of nitrogens with zero attached hydrogens (tertiary/aromatic N) is 2. The van der Waals surface area contributed by atoms with Gasteiger partial charge < -0.3 is 14.1 Å². The molecule has 1 aromatic carbocycles. The molecule has 0 spiro atoms. The van der Waals surface area contributed by atoms with E-state index in [0.717, 1.165) is 0 Å². The number of benzene rings is 1. The van der Waals surface area contributed by atoms with E-state index in [0.29, 0.717) is 28.9 Å². The number of halogens is 1. The Bertz CT molecular complexity index is 859. The van der Waals surface area contributed by atoms with E-state index < -0.39 is 10.0 Å². The number of methoxy groups -OCH3 is 1. The lowest BCUT2D eigenvalue weighted by atomic mass is 10.1. The first-order valence-electron chi connectivity index (χ1n) is 7.58. The number of carbonyl (C=O) groups is 1. The van der Waals surface area contributed by atoms with Crippen LogP contribution in [0.5, 0.6) is 5.75 Å². The van der Waals surface area contributed by atoms with Crippen LogP contribution < -0.4 is 4.74 Å². The summed E-state index contributed by atoms with van der Waals surface area (Å²) in [6.07, 6.45) is 2.53. The molecule has 0 radical (unpaired) electrons. The smallest absolute Gasteiger partial charge is 0.255 e. The molecule has 1 amide bonds. The van der Waals surface area contributed by atoms with E-state index in [2.05, 4.69) is 15.9 Å². The SMILES string of the molecule is COc1ccc(Br)c(C(=O)N2CCN(S(=O)(=O)c3ccoc3)CC2)c1. The predicted molar refractivity (Wildman–Crippen MR) is 94.1 cm³/mol. The molecule has 134 valence electrons. The molecule has 2 aromatic rings. The van der Waals surface area contributed by atoms with Gasteiger partial charge in [-0.2, -0.15) is 4.31 Å². The standard InChI is InChI=1S/C16H17BrN2O5S/c1-23-12-2-3-15(17)14(10-12)16(20)18-5-7-19(8-6-18)25(21,22)13-4-9-24-11-13/h2-4,9-11H,5-8H2,1H3. The highest BCUT2D eigenvalue weighted by Crippen LogP contribution is 2.25. The minimum absolute atomic E-state index is 0.128. The number of amides is 1. The van der Waals surface area contributed by atoms with Crippen molar-refractivity contribution in [2.24, 2.45) is 0 Å². The van der Waals surface area contributed by atoms with E-state index in [1.807, 2.05) is 0 Å². The maximum atomic E-state index is 12.7. The second-order valence-electron chi connectivity index (χ2n) is 5.50. The third-order valence-electron chi connectivity index (χ3n) is 4.06. The molecule has 0 unspecified atom stereocenters. The minimum atomic E-state index is -3.58. The van der Waals surface area contributed by atoms with Crippen LogP contribution in [0.2, 0.25) is 0 Å². The fraction of sp³-hybridized carbons (Fsp3) is 0.312. The summed E-state index contributed by atoms with van der Waals surface area (Å²) >= 11 is 3.38. The van der Waals surface area contributed by atoms with Gasteiger partial charge >= 0.3 is 0 Å². The molecule has 2 heterocycles. The van der Waals surface area contributed by atoms with Gasteiger partial charge in [0.2, 0.25) is 10.0 Å². The largest absolute Gasteiger partial charge is 0.497 e. The molecule has 0 saturated carbocycles. The van der Waals surface area contributed by atoms with Crippen LogP contribution in [-0.4, -0.2) is 56.8 Å². The van der Waals surface area contributed by atoms with Crippen LogP contribution in [0, 0.1) is 0 Å². The number of ether oxygens (including phenoxy) is 1. The number of sulfonamides is 1. The Kier molecular flexibility index (Phi) is 5.16. The van der Waals surface area contributed by atoms with E-state index in [-0.39, 0.29) is 23.9 Å². The summed E-state index contributed by atoms with van der Waals surface area (Å²) in [4.78, 5) is 14.5. The van der Waals surface area contributed by atoms with E-state index >= 15 is 0 Å². The van der Waals surface area contributed by atoms with Crippen molar-refractivity contribution in [3.63, 3.8) is 0 Å². The summed E-state index contributed by atoms with van der Waals surface area (Å²) < 4.78 is 37.0. The summed E-state index contributed by atoms with van der Waals surface area (Å²) in [6.45, 7) is 1.11. The number of piperazine rings is 1. The van der Waals surface area contributed by atoms with Crippen molar-refractivity contribution in [2.75, 3.05) is 33.3 Å². The summed E-state index contributed by atoms with van der Waals surface area (Å²) in [5, 5.41) is 0. The fourth-order valence-corrected chi connectivity index (χ4v) is 4.41. The topological polar surface area (TPSA) is 80.1 Å². The monoisotopic (exact) mass is 428 g/mol. The van der Waals surface area contributed by atoms with Crippen molar-refractivity contribution >= 4 is 31.9 Å². The highest BCUT2D eigenvalue weighted by atomic mass is 79.9. The molecule has 1 aromatic heterocycles. The molecule has 0 N–H and O–H groups in total. The average molecular weight is 429 g/mol. The second-order valence-corrected chi connectivity index (χ2v) is 8.29.